The van der Waals surface area contributed by atoms with Gasteiger partial charge in [-0.15, -0.1) is 11.8 Å². The van der Waals surface area contributed by atoms with E-state index in [4.69, 9.17) is 5.73 Å². The van der Waals surface area contributed by atoms with Gasteiger partial charge in [0.1, 0.15) is 0 Å². The number of nitrogens with one attached hydrogen (secondary N) is 1. The van der Waals surface area contributed by atoms with Gasteiger partial charge < -0.3 is 11.1 Å². The number of carbonyl (C=O) groups is 1. The molecule has 1 amide bonds. The molecule has 21 heavy (non-hydrogen) atoms. The van der Waals surface area contributed by atoms with Crippen LogP contribution in [0.2, 0.25) is 0 Å². The molecule has 1 atom stereocenters. The van der Waals surface area contributed by atoms with Gasteiger partial charge in [0.2, 0.25) is 5.91 Å². The van der Waals surface area contributed by atoms with Gasteiger partial charge in [-0.25, -0.2) is 8.78 Å². The zero-order valence-corrected chi connectivity index (χ0v) is 12.8. The van der Waals surface area contributed by atoms with Crippen molar-refractivity contribution in [2.75, 3.05) is 5.75 Å². The maximum absolute atomic E-state index is 13.1. The quantitative estimate of drug-likeness (QED) is 0.573. The van der Waals surface area contributed by atoms with Gasteiger partial charge in [0.25, 0.3) is 0 Å². The van der Waals surface area contributed by atoms with Crippen molar-refractivity contribution in [3.8, 4) is 0 Å². The van der Waals surface area contributed by atoms with Gasteiger partial charge >= 0.3 is 0 Å². The Morgan fingerprint density at radius 1 is 1.43 bits per heavy atom. The maximum atomic E-state index is 13.1. The highest BCUT2D eigenvalue weighted by Crippen LogP contribution is 2.26. The lowest BCUT2D eigenvalue weighted by Crippen LogP contribution is -2.54. The highest BCUT2D eigenvalue weighted by Gasteiger charge is 2.36. The summed E-state index contributed by atoms with van der Waals surface area (Å²) in [6.45, 7) is 1.83. The molecule has 1 fully saturated rings. The van der Waals surface area contributed by atoms with Crippen molar-refractivity contribution in [3.05, 3.63) is 29.8 Å². The molecule has 3 N–H and O–H groups in total. The van der Waals surface area contributed by atoms with Crippen molar-refractivity contribution in [2.24, 2.45) is 5.73 Å². The third-order valence-corrected chi connectivity index (χ3v) is 4.70. The highest BCUT2D eigenvalue weighted by atomic mass is 32.2. The van der Waals surface area contributed by atoms with Crippen LogP contribution in [0, 0.1) is 11.6 Å². The molecule has 0 radical (unpaired) electrons. The van der Waals surface area contributed by atoms with E-state index in [0.717, 1.165) is 31.1 Å². The van der Waals surface area contributed by atoms with Gasteiger partial charge in [-0.2, -0.15) is 0 Å². The number of primary amides is 1. The van der Waals surface area contributed by atoms with Crippen LogP contribution >= 0.6 is 11.8 Å². The molecule has 0 heterocycles. The Kier molecular flexibility index (Phi) is 5.22. The van der Waals surface area contributed by atoms with Crippen LogP contribution in [-0.4, -0.2) is 23.2 Å². The minimum absolute atomic E-state index is 0.341. The molecule has 1 aliphatic rings. The van der Waals surface area contributed by atoms with Gasteiger partial charge in [0.05, 0.1) is 5.54 Å². The highest BCUT2D eigenvalue weighted by molar-refractivity contribution is 7.99. The van der Waals surface area contributed by atoms with Crippen LogP contribution in [0.25, 0.3) is 0 Å². The predicted octanol–water partition coefficient (Wildman–Crippen LogP) is 2.83. The third kappa shape index (κ3) is 4.68. The molecule has 2 rings (SSSR count). The smallest absolute Gasteiger partial charge is 0.237 e. The Bertz CT molecular complexity index is 522. The molecular formula is C15H20F2N2OS. The summed E-state index contributed by atoms with van der Waals surface area (Å²) >= 11 is 1.44. The summed E-state index contributed by atoms with van der Waals surface area (Å²) in [5, 5.41) is 3.29. The Morgan fingerprint density at radius 2 is 2.14 bits per heavy atom. The number of hydrogen-bond acceptors (Lipinski definition) is 3. The third-order valence-electron chi connectivity index (χ3n) is 3.62. The van der Waals surface area contributed by atoms with E-state index in [1.165, 1.54) is 17.8 Å². The molecule has 1 aromatic carbocycles. The first kappa shape index (κ1) is 16.2. The van der Waals surface area contributed by atoms with E-state index < -0.39 is 17.2 Å². The monoisotopic (exact) mass is 314 g/mol. The number of hydrogen-bond donors (Lipinski definition) is 2. The summed E-state index contributed by atoms with van der Waals surface area (Å²) in [4.78, 5) is 12.3. The zero-order chi connectivity index (χ0) is 15.5. The Hall–Kier alpha value is -1.14. The molecule has 1 aliphatic carbocycles. The first-order valence-electron chi connectivity index (χ1n) is 7.06. The molecule has 0 spiro atoms. The Balaban J connectivity index is 1.79. The standard InChI is InChI=1S/C15H20F2N2OS/c1-15(14(18)20,19-10-3-4-10)7-2-8-21-11-5-6-12(16)13(17)9-11/h5-6,9-10,19H,2-4,7-8H2,1H3,(H2,18,20). The number of halogens is 2. The molecule has 1 aromatic rings. The number of carbonyl (C=O) groups excluding carboxylic acids is 1. The Morgan fingerprint density at radius 3 is 2.71 bits per heavy atom. The van der Waals surface area contributed by atoms with Crippen LogP contribution in [0.1, 0.15) is 32.6 Å². The summed E-state index contributed by atoms with van der Waals surface area (Å²) in [5.74, 6) is -1.29. The number of rotatable bonds is 8. The summed E-state index contributed by atoms with van der Waals surface area (Å²) in [7, 11) is 0. The number of thioether (sulfide) groups is 1. The van der Waals surface area contributed by atoms with Crippen LogP contribution in [0.5, 0.6) is 0 Å². The number of amides is 1. The van der Waals surface area contributed by atoms with E-state index in [9.17, 15) is 13.6 Å². The molecule has 6 heteroatoms. The van der Waals surface area contributed by atoms with Gasteiger partial charge in [0.15, 0.2) is 11.6 Å². The molecule has 0 aromatic heterocycles. The first-order valence-corrected chi connectivity index (χ1v) is 8.05. The van der Waals surface area contributed by atoms with Crippen LogP contribution in [0.15, 0.2) is 23.1 Å². The lowest BCUT2D eigenvalue weighted by atomic mass is 9.95. The van der Waals surface area contributed by atoms with Gasteiger partial charge in [-0.1, -0.05) is 0 Å². The molecule has 0 bridgehead atoms. The van der Waals surface area contributed by atoms with Crippen molar-refractivity contribution in [2.45, 2.75) is 49.1 Å². The van der Waals surface area contributed by atoms with Crippen LogP contribution in [-0.2, 0) is 4.79 Å². The normalized spacial score (nSPS) is 17.5. The van der Waals surface area contributed by atoms with E-state index in [1.54, 1.807) is 6.07 Å². The van der Waals surface area contributed by atoms with Crippen molar-refractivity contribution in [3.63, 3.8) is 0 Å². The molecule has 0 aliphatic heterocycles. The Labute approximate surface area is 127 Å². The molecule has 116 valence electrons. The summed E-state index contributed by atoms with van der Waals surface area (Å²) < 4.78 is 25.9. The van der Waals surface area contributed by atoms with Crippen molar-refractivity contribution in [1.82, 2.24) is 5.32 Å². The minimum Gasteiger partial charge on any atom is -0.368 e. The van der Waals surface area contributed by atoms with E-state index in [1.807, 2.05) is 6.92 Å². The van der Waals surface area contributed by atoms with Gasteiger partial charge in [-0.3, -0.25) is 4.79 Å². The topological polar surface area (TPSA) is 55.1 Å². The lowest BCUT2D eigenvalue weighted by Gasteiger charge is -2.27. The summed E-state index contributed by atoms with van der Waals surface area (Å²) in [5.41, 5.74) is 4.79. The molecule has 1 saturated carbocycles. The fourth-order valence-corrected chi connectivity index (χ4v) is 3.00. The van der Waals surface area contributed by atoms with E-state index >= 15 is 0 Å². The largest absolute Gasteiger partial charge is 0.368 e. The summed E-state index contributed by atoms with van der Waals surface area (Å²) in [6, 6.07) is 4.27. The maximum Gasteiger partial charge on any atom is 0.237 e. The fraction of sp³-hybridized carbons (Fsp3) is 0.533. The van der Waals surface area contributed by atoms with E-state index in [0.29, 0.717) is 17.4 Å². The van der Waals surface area contributed by atoms with Crippen LogP contribution in [0.3, 0.4) is 0 Å². The van der Waals surface area contributed by atoms with Gasteiger partial charge in [-0.05, 0) is 56.6 Å². The van der Waals surface area contributed by atoms with E-state index in [2.05, 4.69) is 5.32 Å². The van der Waals surface area contributed by atoms with Crippen LogP contribution in [0.4, 0.5) is 8.78 Å². The predicted molar refractivity (Wildman–Crippen MR) is 80.1 cm³/mol. The zero-order valence-electron chi connectivity index (χ0n) is 12.0. The van der Waals surface area contributed by atoms with Crippen LogP contribution < -0.4 is 11.1 Å². The molecule has 0 saturated heterocycles. The molecule has 3 nitrogen and oxygen atoms in total. The lowest BCUT2D eigenvalue weighted by molar-refractivity contribution is -0.124. The molecular weight excluding hydrogens is 294 g/mol. The summed E-state index contributed by atoms with van der Waals surface area (Å²) in [6.07, 6.45) is 3.58. The van der Waals surface area contributed by atoms with Gasteiger partial charge in [0, 0.05) is 10.9 Å². The second kappa shape index (κ2) is 6.75. The van der Waals surface area contributed by atoms with Crippen molar-refractivity contribution in [1.29, 1.82) is 0 Å². The van der Waals surface area contributed by atoms with E-state index in [-0.39, 0.29) is 5.91 Å². The molecule has 1 unspecified atom stereocenters. The second-order valence-corrected chi connectivity index (χ2v) is 6.81. The number of benzene rings is 1. The van der Waals surface area contributed by atoms with Crippen molar-refractivity contribution >= 4 is 17.7 Å². The fourth-order valence-electron chi connectivity index (χ4n) is 2.13. The average molecular weight is 314 g/mol. The SMILES string of the molecule is CC(CCCSc1ccc(F)c(F)c1)(NC1CC1)C(N)=O. The number of nitrogens with two attached hydrogens (primary N) is 1. The first-order chi connectivity index (χ1) is 9.90. The minimum atomic E-state index is -0.839. The average Bonchev–Trinajstić information content (AvgIpc) is 3.22. The van der Waals surface area contributed by atoms with Crippen molar-refractivity contribution < 1.29 is 13.6 Å². The second-order valence-electron chi connectivity index (χ2n) is 5.64.